The van der Waals surface area contributed by atoms with Crippen LogP contribution in [0.1, 0.15) is 20.3 Å². The van der Waals surface area contributed by atoms with Crippen molar-refractivity contribution in [3.63, 3.8) is 0 Å². The summed E-state index contributed by atoms with van der Waals surface area (Å²) in [6, 6.07) is 0. The number of hydrogen-bond acceptors (Lipinski definition) is 0. The molecule has 0 fully saturated rings. The third-order valence-corrected chi connectivity index (χ3v) is 0.408. The first kappa shape index (κ1) is 9.19. The fourth-order valence-electron chi connectivity index (χ4n) is 0. The van der Waals surface area contributed by atoms with E-state index in [9.17, 15) is 0 Å². The summed E-state index contributed by atoms with van der Waals surface area (Å²) in [5, 5.41) is 0. The van der Waals surface area contributed by atoms with E-state index in [2.05, 4.69) is 20.3 Å². The molecule has 0 aliphatic rings. The van der Waals surface area contributed by atoms with E-state index >= 15 is 0 Å². The molecule has 0 amide bonds. The minimum atomic E-state index is 0. The molecule has 0 aliphatic carbocycles. The first-order chi connectivity index (χ1) is 1.91. The van der Waals surface area contributed by atoms with Crippen LogP contribution in [0.3, 0.4) is 0 Å². The quantitative estimate of drug-likeness (QED) is 0.612. The molecule has 0 aliphatic heterocycles. The minimum absolute atomic E-state index is 0. The molecule has 0 unspecified atom stereocenters. The molecule has 0 rings (SSSR count). The van der Waals surface area contributed by atoms with Gasteiger partial charge in [-0.05, 0) is 0 Å². The number of hydrogen-bond donors (Lipinski definition) is 0. The van der Waals surface area contributed by atoms with Gasteiger partial charge in [-0.15, -0.1) is 0 Å². The second-order valence-electron chi connectivity index (χ2n) is 0.816. The Balaban J connectivity index is 0. The normalized spacial score (nSPS) is 6.00. The zero-order chi connectivity index (χ0) is 3.41. The molecule has 0 radical (unpaired) electrons. The van der Waals surface area contributed by atoms with Gasteiger partial charge in [0.25, 0.3) is 0 Å². The van der Waals surface area contributed by atoms with Crippen LogP contribution in [0.25, 0.3) is 0 Å². The zero-order valence-corrected chi connectivity index (χ0v) is 6.63. The number of unbranched alkanes of at least 4 members (excludes halogenated alkanes) is 1. The van der Waals surface area contributed by atoms with Gasteiger partial charge in [-0.1, -0.05) is 6.92 Å². The van der Waals surface area contributed by atoms with Crippen molar-refractivity contribution in [1.29, 1.82) is 0 Å². The molecule has 0 aromatic carbocycles. The predicted molar refractivity (Wildman–Crippen MR) is 20.3 cm³/mol. The molecule has 0 bridgehead atoms. The molecule has 0 heterocycles. The van der Waals surface area contributed by atoms with Gasteiger partial charge >= 0.3 is 0 Å². The van der Waals surface area contributed by atoms with E-state index in [0.717, 1.165) is 0 Å². The van der Waals surface area contributed by atoms with E-state index in [0.29, 0.717) is 0 Å². The van der Waals surface area contributed by atoms with Crippen LogP contribution in [0.4, 0.5) is 0 Å². The monoisotopic (exact) mass is 241 g/mol. The molecule has 32 valence electrons. The zero-order valence-electron chi connectivity index (χ0n) is 3.69. The van der Waals surface area contributed by atoms with Gasteiger partial charge in [0.05, 0.1) is 0 Å². The van der Waals surface area contributed by atoms with E-state index in [1.807, 2.05) is 0 Å². The minimum Gasteiger partial charge on any atom is -0.332 e. The summed E-state index contributed by atoms with van der Waals surface area (Å²) in [5.74, 6) is 0. The second kappa shape index (κ2) is 8.82. The smallest absolute Gasteiger partial charge is 0 e. The van der Waals surface area contributed by atoms with Crippen LogP contribution in [0.2, 0.25) is 0 Å². The molecule has 0 atom stereocenters. The van der Waals surface area contributed by atoms with Gasteiger partial charge in [0.2, 0.25) is 0 Å². The summed E-state index contributed by atoms with van der Waals surface area (Å²) < 4.78 is 0. The summed E-state index contributed by atoms with van der Waals surface area (Å²) in [4.78, 5) is 0. The van der Waals surface area contributed by atoms with E-state index < -0.39 is 0 Å². The maximum atomic E-state index is 2.12. The Morgan fingerprint density at radius 2 is 1.80 bits per heavy atom. The van der Waals surface area contributed by atoms with Crippen LogP contribution in [0.5, 0.6) is 0 Å². The van der Waals surface area contributed by atoms with Gasteiger partial charge in [0.1, 0.15) is 0 Å². The summed E-state index contributed by atoms with van der Waals surface area (Å²) in [6.45, 7) is 4.18. The fraction of sp³-hybridized carbons (Fsp3) is 0.750. The van der Waals surface area contributed by atoms with Crippen molar-refractivity contribution in [3.05, 3.63) is 6.42 Å². The Labute approximate surface area is 48.2 Å². The van der Waals surface area contributed by atoms with E-state index in [1.165, 1.54) is 6.42 Å². The molecule has 0 N–H and O–H groups in total. The van der Waals surface area contributed by atoms with Gasteiger partial charge in [-0.2, -0.15) is 13.3 Å². The van der Waals surface area contributed by atoms with Crippen LogP contribution in [-0.2, 0) is 21.1 Å². The Bertz CT molecular complexity index is 5.61. The van der Waals surface area contributed by atoms with Gasteiger partial charge in [0, 0.05) is 21.1 Å². The standard InChI is InChI=1S/C4H9.W/c1-3-4-2;/h3H,4H2,1-2H3;/q-1;. The Hall–Kier alpha value is 0.688. The van der Waals surface area contributed by atoms with Gasteiger partial charge in [-0.25, -0.2) is 0 Å². The first-order valence-electron chi connectivity index (χ1n) is 1.69. The van der Waals surface area contributed by atoms with Crippen molar-refractivity contribution in [2.24, 2.45) is 0 Å². The van der Waals surface area contributed by atoms with E-state index in [1.54, 1.807) is 0 Å². The van der Waals surface area contributed by atoms with Crippen LogP contribution < -0.4 is 0 Å². The first-order valence-corrected chi connectivity index (χ1v) is 1.69. The van der Waals surface area contributed by atoms with Gasteiger partial charge in [0.15, 0.2) is 0 Å². The van der Waals surface area contributed by atoms with E-state index in [4.69, 9.17) is 0 Å². The Morgan fingerprint density at radius 1 is 1.60 bits per heavy atom. The molecule has 0 saturated carbocycles. The maximum absolute atomic E-state index is 2.12. The fourth-order valence-corrected chi connectivity index (χ4v) is 0. The molecular weight excluding hydrogens is 232 g/mol. The Kier molecular flexibility index (Phi) is 16.2. The van der Waals surface area contributed by atoms with Crippen molar-refractivity contribution in [2.45, 2.75) is 20.3 Å². The third-order valence-electron chi connectivity index (χ3n) is 0.408. The van der Waals surface area contributed by atoms with Crippen LogP contribution in [0, 0.1) is 6.42 Å². The van der Waals surface area contributed by atoms with Gasteiger partial charge in [-0.3, -0.25) is 0 Å². The maximum Gasteiger partial charge on any atom is 0 e. The van der Waals surface area contributed by atoms with Crippen molar-refractivity contribution in [3.8, 4) is 0 Å². The topological polar surface area (TPSA) is 0 Å². The molecule has 0 aromatic heterocycles. The predicted octanol–water partition coefficient (Wildman–Crippen LogP) is 1.62. The molecule has 0 saturated heterocycles. The number of rotatable bonds is 1. The largest absolute Gasteiger partial charge is 0.332 e. The summed E-state index contributed by atoms with van der Waals surface area (Å²) in [7, 11) is 0. The van der Waals surface area contributed by atoms with Crippen LogP contribution in [0.15, 0.2) is 0 Å². The van der Waals surface area contributed by atoms with Crippen LogP contribution >= 0.6 is 0 Å². The molecule has 0 aromatic rings. The average molecular weight is 241 g/mol. The van der Waals surface area contributed by atoms with Crippen molar-refractivity contribution >= 4 is 0 Å². The van der Waals surface area contributed by atoms with Crippen molar-refractivity contribution in [1.82, 2.24) is 0 Å². The Morgan fingerprint density at radius 3 is 1.80 bits per heavy atom. The average Bonchev–Trinajstić information content (AvgIpc) is 1.37. The molecular formula is C4H9W-. The molecule has 1 heteroatoms. The summed E-state index contributed by atoms with van der Waals surface area (Å²) >= 11 is 0. The molecule has 5 heavy (non-hydrogen) atoms. The third kappa shape index (κ3) is 11.9. The van der Waals surface area contributed by atoms with Crippen molar-refractivity contribution < 1.29 is 21.1 Å². The second-order valence-corrected chi connectivity index (χ2v) is 0.816. The molecule has 0 nitrogen and oxygen atoms in total. The summed E-state index contributed by atoms with van der Waals surface area (Å²) in [6.07, 6.45) is 3.32. The summed E-state index contributed by atoms with van der Waals surface area (Å²) in [5.41, 5.74) is 0. The van der Waals surface area contributed by atoms with Crippen LogP contribution in [-0.4, -0.2) is 0 Å². The SMILES string of the molecule is C[CH-]CC.[W]. The van der Waals surface area contributed by atoms with Crippen molar-refractivity contribution in [2.75, 3.05) is 0 Å². The van der Waals surface area contributed by atoms with Gasteiger partial charge < -0.3 is 6.42 Å². The molecule has 0 spiro atoms. The van der Waals surface area contributed by atoms with E-state index in [-0.39, 0.29) is 21.1 Å².